The van der Waals surface area contributed by atoms with Gasteiger partial charge in [-0.15, -0.1) is 0 Å². The Morgan fingerprint density at radius 1 is 1.29 bits per heavy atom. The Hall–Kier alpha value is -0.940. The molecule has 21 heavy (non-hydrogen) atoms. The van der Waals surface area contributed by atoms with Crippen LogP contribution in [0.5, 0.6) is 0 Å². The third-order valence-electron chi connectivity index (χ3n) is 4.94. The van der Waals surface area contributed by atoms with Gasteiger partial charge in [0.2, 0.25) is 0 Å². The van der Waals surface area contributed by atoms with Gasteiger partial charge in [-0.1, -0.05) is 30.3 Å². The van der Waals surface area contributed by atoms with Gasteiger partial charge in [0, 0.05) is 44.2 Å². The minimum absolute atomic E-state index is 0.0665. The molecule has 116 valence electrons. The summed E-state index contributed by atoms with van der Waals surface area (Å²) in [5, 5.41) is 9.84. The molecule has 0 saturated carbocycles. The summed E-state index contributed by atoms with van der Waals surface area (Å²) >= 11 is 0. The largest absolute Gasteiger partial charge is 0.396 e. The summed E-state index contributed by atoms with van der Waals surface area (Å²) in [6.45, 7) is 5.81. The monoisotopic (exact) mass is 290 g/mol. The maximum Gasteiger partial charge on any atom is 0.0557 e. The van der Waals surface area contributed by atoms with Crippen LogP contribution >= 0.6 is 0 Å². The molecule has 2 saturated heterocycles. The van der Waals surface area contributed by atoms with Crippen LogP contribution < -0.4 is 0 Å². The maximum atomic E-state index is 9.84. The van der Waals surface area contributed by atoms with Crippen LogP contribution in [0.1, 0.15) is 18.0 Å². The number of piperazine rings is 1. The van der Waals surface area contributed by atoms with E-state index in [1.165, 1.54) is 5.56 Å². The fraction of sp³-hybridized carbons (Fsp3) is 0.647. The normalized spacial score (nSPS) is 31.6. The molecule has 0 radical (unpaired) electrons. The second-order valence-corrected chi connectivity index (χ2v) is 6.62. The fourth-order valence-electron chi connectivity index (χ4n) is 3.52. The molecule has 2 atom stereocenters. The van der Waals surface area contributed by atoms with E-state index >= 15 is 0 Å². The lowest BCUT2D eigenvalue weighted by Gasteiger charge is -2.44. The van der Waals surface area contributed by atoms with Crippen LogP contribution in [0.15, 0.2) is 30.3 Å². The Kier molecular flexibility index (Phi) is 4.60. The highest BCUT2D eigenvalue weighted by atomic mass is 16.5. The van der Waals surface area contributed by atoms with Crippen molar-refractivity contribution >= 4 is 0 Å². The smallest absolute Gasteiger partial charge is 0.0557 e. The second-order valence-electron chi connectivity index (χ2n) is 6.62. The zero-order valence-corrected chi connectivity index (χ0v) is 12.9. The van der Waals surface area contributed by atoms with Crippen LogP contribution in [0, 0.1) is 5.41 Å². The number of aliphatic hydroxyl groups excluding tert-OH is 1. The Labute approximate surface area is 127 Å². The summed E-state index contributed by atoms with van der Waals surface area (Å²) in [4.78, 5) is 4.94. The van der Waals surface area contributed by atoms with E-state index in [2.05, 4.69) is 47.2 Å². The molecule has 1 aromatic rings. The van der Waals surface area contributed by atoms with Gasteiger partial charge in [-0.05, 0) is 19.0 Å². The Morgan fingerprint density at radius 3 is 2.76 bits per heavy atom. The van der Waals surface area contributed by atoms with Gasteiger partial charge >= 0.3 is 0 Å². The van der Waals surface area contributed by atoms with Crippen molar-refractivity contribution in [1.29, 1.82) is 0 Å². The van der Waals surface area contributed by atoms with Crippen molar-refractivity contribution < 1.29 is 9.84 Å². The topological polar surface area (TPSA) is 35.9 Å². The zero-order valence-electron chi connectivity index (χ0n) is 12.9. The van der Waals surface area contributed by atoms with Gasteiger partial charge in [-0.3, -0.25) is 4.90 Å². The van der Waals surface area contributed by atoms with Gasteiger partial charge in [0.1, 0.15) is 0 Å². The Balaban J connectivity index is 1.78. The SMILES string of the molecule is CN1CCN(CC2(CO)CCOC2)C(c2ccccc2)C1. The first-order chi connectivity index (χ1) is 10.2. The number of aliphatic hydroxyl groups is 1. The first-order valence-electron chi connectivity index (χ1n) is 7.89. The molecular formula is C17H26N2O2. The predicted molar refractivity (Wildman–Crippen MR) is 83.2 cm³/mol. The Morgan fingerprint density at radius 2 is 2.10 bits per heavy atom. The van der Waals surface area contributed by atoms with E-state index in [-0.39, 0.29) is 12.0 Å². The van der Waals surface area contributed by atoms with Crippen molar-refractivity contribution in [3.63, 3.8) is 0 Å². The lowest BCUT2D eigenvalue weighted by molar-refractivity contribution is 0.0126. The third-order valence-corrected chi connectivity index (χ3v) is 4.94. The number of nitrogens with zero attached hydrogens (tertiary/aromatic N) is 2. The first-order valence-corrected chi connectivity index (χ1v) is 7.89. The number of rotatable bonds is 4. The molecule has 2 fully saturated rings. The van der Waals surface area contributed by atoms with Crippen molar-refractivity contribution in [2.45, 2.75) is 12.5 Å². The van der Waals surface area contributed by atoms with Crippen LogP contribution in [-0.2, 0) is 4.74 Å². The molecule has 0 aromatic heterocycles. The van der Waals surface area contributed by atoms with Crippen LogP contribution in [0.25, 0.3) is 0 Å². The van der Waals surface area contributed by atoms with Crippen molar-refractivity contribution in [2.24, 2.45) is 5.41 Å². The van der Waals surface area contributed by atoms with Gasteiger partial charge in [-0.2, -0.15) is 0 Å². The minimum Gasteiger partial charge on any atom is -0.396 e. The molecule has 2 aliphatic rings. The van der Waals surface area contributed by atoms with Crippen molar-refractivity contribution in [1.82, 2.24) is 9.80 Å². The van der Waals surface area contributed by atoms with E-state index in [1.807, 2.05) is 0 Å². The maximum absolute atomic E-state index is 9.84. The van der Waals surface area contributed by atoms with Gasteiger partial charge < -0.3 is 14.7 Å². The molecule has 4 nitrogen and oxygen atoms in total. The quantitative estimate of drug-likeness (QED) is 0.909. The standard InChI is InChI=1S/C17H26N2O2/c1-18-8-9-19(12-17(13-20)7-10-21-14-17)16(11-18)15-5-3-2-4-6-15/h2-6,16,20H,7-14H2,1H3. The average Bonchev–Trinajstić information content (AvgIpc) is 2.99. The summed E-state index contributed by atoms with van der Waals surface area (Å²) in [5.41, 5.74) is 1.30. The van der Waals surface area contributed by atoms with E-state index in [0.717, 1.165) is 39.2 Å². The number of likely N-dealkylation sites (N-methyl/N-ethyl adjacent to an activating group) is 1. The van der Waals surface area contributed by atoms with Crippen LogP contribution in [-0.4, -0.2) is 68.0 Å². The molecule has 1 aromatic carbocycles. The highest BCUT2D eigenvalue weighted by molar-refractivity contribution is 5.20. The number of ether oxygens (including phenoxy) is 1. The van der Waals surface area contributed by atoms with Crippen LogP contribution in [0.2, 0.25) is 0 Å². The van der Waals surface area contributed by atoms with Crippen molar-refractivity contribution in [2.75, 3.05) is 53.0 Å². The first kappa shape index (κ1) is 15.0. The van der Waals surface area contributed by atoms with E-state index in [0.29, 0.717) is 12.6 Å². The van der Waals surface area contributed by atoms with E-state index in [4.69, 9.17) is 4.74 Å². The summed E-state index contributed by atoms with van der Waals surface area (Å²) in [5.74, 6) is 0. The van der Waals surface area contributed by atoms with Crippen molar-refractivity contribution in [3.05, 3.63) is 35.9 Å². The van der Waals surface area contributed by atoms with Gasteiger partial charge in [0.25, 0.3) is 0 Å². The van der Waals surface area contributed by atoms with Crippen LogP contribution in [0.4, 0.5) is 0 Å². The molecule has 0 spiro atoms. The average molecular weight is 290 g/mol. The van der Waals surface area contributed by atoms with E-state index in [1.54, 1.807) is 0 Å². The Bertz CT molecular complexity index is 445. The summed E-state index contributed by atoms with van der Waals surface area (Å²) in [7, 11) is 2.19. The zero-order chi connectivity index (χ0) is 14.7. The molecule has 2 unspecified atom stereocenters. The molecule has 3 rings (SSSR count). The highest BCUT2D eigenvalue weighted by Gasteiger charge is 2.39. The molecule has 4 heteroatoms. The molecule has 0 bridgehead atoms. The highest BCUT2D eigenvalue weighted by Crippen LogP contribution is 2.33. The van der Waals surface area contributed by atoms with Gasteiger partial charge in [0.15, 0.2) is 0 Å². The lowest BCUT2D eigenvalue weighted by Crippen LogP contribution is -2.51. The van der Waals surface area contributed by atoms with Gasteiger partial charge in [-0.25, -0.2) is 0 Å². The predicted octanol–water partition coefficient (Wildman–Crippen LogP) is 1.37. The third kappa shape index (κ3) is 3.29. The van der Waals surface area contributed by atoms with Crippen molar-refractivity contribution in [3.8, 4) is 0 Å². The van der Waals surface area contributed by atoms with Gasteiger partial charge in [0.05, 0.1) is 13.2 Å². The second kappa shape index (κ2) is 6.44. The molecule has 0 amide bonds. The lowest BCUT2D eigenvalue weighted by atomic mass is 9.86. The van der Waals surface area contributed by atoms with E-state index in [9.17, 15) is 5.11 Å². The molecular weight excluding hydrogens is 264 g/mol. The minimum atomic E-state index is -0.0665. The summed E-state index contributed by atoms with van der Waals surface area (Å²) in [6.07, 6.45) is 0.970. The number of hydrogen-bond donors (Lipinski definition) is 1. The summed E-state index contributed by atoms with van der Waals surface area (Å²) in [6, 6.07) is 11.1. The number of benzene rings is 1. The summed E-state index contributed by atoms with van der Waals surface area (Å²) < 4.78 is 5.56. The fourth-order valence-corrected chi connectivity index (χ4v) is 3.52. The molecule has 0 aliphatic carbocycles. The molecule has 2 aliphatic heterocycles. The van der Waals surface area contributed by atoms with E-state index < -0.39 is 0 Å². The molecule has 1 N–H and O–H groups in total. The molecule has 2 heterocycles. The van der Waals surface area contributed by atoms with Crippen LogP contribution in [0.3, 0.4) is 0 Å². The number of hydrogen-bond acceptors (Lipinski definition) is 4.